The first-order valence-corrected chi connectivity index (χ1v) is 12.6. The van der Waals surface area contributed by atoms with Gasteiger partial charge in [-0.3, -0.25) is 4.57 Å². The van der Waals surface area contributed by atoms with Crippen LogP contribution >= 0.6 is 23.4 Å². The van der Waals surface area contributed by atoms with Crippen molar-refractivity contribution in [2.75, 3.05) is 37.0 Å². The van der Waals surface area contributed by atoms with E-state index in [1.807, 2.05) is 30.3 Å². The van der Waals surface area contributed by atoms with Crippen LogP contribution in [-0.2, 0) is 17.7 Å². The van der Waals surface area contributed by atoms with Gasteiger partial charge in [-0.25, -0.2) is 0 Å². The summed E-state index contributed by atoms with van der Waals surface area (Å²) in [6.45, 7) is 3.80. The van der Waals surface area contributed by atoms with E-state index in [9.17, 15) is 0 Å². The minimum atomic E-state index is 0.581. The molecule has 0 radical (unpaired) electrons. The van der Waals surface area contributed by atoms with Crippen LogP contribution in [0.25, 0.3) is 11.4 Å². The maximum atomic E-state index is 5.96. The van der Waals surface area contributed by atoms with Crippen LogP contribution in [-0.4, -0.2) is 57.0 Å². The summed E-state index contributed by atoms with van der Waals surface area (Å²) in [7, 11) is 0. The molecule has 0 spiro atoms. The number of aromatic nitrogens is 5. The first kappa shape index (κ1) is 22.9. The molecule has 0 N–H and O–H groups in total. The number of hydrogen-bond acceptors (Lipinski definition) is 8. The van der Waals surface area contributed by atoms with Crippen molar-refractivity contribution in [3.63, 3.8) is 0 Å². The highest BCUT2D eigenvalue weighted by Gasteiger charge is 2.21. The van der Waals surface area contributed by atoms with E-state index in [-0.39, 0.29) is 0 Å². The molecule has 0 atom stereocenters. The maximum absolute atomic E-state index is 5.96. The summed E-state index contributed by atoms with van der Waals surface area (Å²) in [5.41, 5.74) is 2.11. The smallest absolute Gasteiger partial charge is 0.228 e. The van der Waals surface area contributed by atoms with Gasteiger partial charge in [-0.05, 0) is 36.2 Å². The Bertz CT molecular complexity index is 1190. The summed E-state index contributed by atoms with van der Waals surface area (Å²) in [5.74, 6) is 2.98. The Kier molecular flexibility index (Phi) is 7.43. The molecule has 1 saturated heterocycles. The predicted molar refractivity (Wildman–Crippen MR) is 132 cm³/mol. The molecule has 3 heterocycles. The number of halogens is 1. The molecule has 1 aliphatic rings. The van der Waals surface area contributed by atoms with E-state index in [0.29, 0.717) is 36.4 Å². The molecule has 0 saturated carbocycles. The lowest BCUT2D eigenvalue weighted by atomic mass is 10.2. The van der Waals surface area contributed by atoms with Crippen molar-refractivity contribution < 1.29 is 9.26 Å². The number of benzene rings is 2. The summed E-state index contributed by atoms with van der Waals surface area (Å²) >= 11 is 7.66. The van der Waals surface area contributed by atoms with Crippen LogP contribution in [0.4, 0.5) is 5.95 Å². The highest BCUT2D eigenvalue weighted by Crippen LogP contribution is 2.25. The first-order valence-electron chi connectivity index (χ1n) is 11.3. The number of aryl methyl sites for hydroxylation is 1. The summed E-state index contributed by atoms with van der Waals surface area (Å²) < 4.78 is 13.2. The molecular formula is C24H25ClN6O2S. The Hall–Kier alpha value is -2.88. The van der Waals surface area contributed by atoms with Gasteiger partial charge in [0.05, 0.1) is 19.8 Å². The van der Waals surface area contributed by atoms with Crippen LogP contribution in [0.1, 0.15) is 17.9 Å². The summed E-state index contributed by atoms with van der Waals surface area (Å²) in [6.07, 6.45) is 1.59. The molecular weight excluding hydrogens is 472 g/mol. The van der Waals surface area contributed by atoms with Crippen LogP contribution in [0.5, 0.6) is 0 Å². The number of thioether (sulfide) groups is 1. The van der Waals surface area contributed by atoms with Crippen molar-refractivity contribution >= 4 is 29.3 Å². The fourth-order valence-corrected chi connectivity index (χ4v) is 4.75. The quantitative estimate of drug-likeness (QED) is 0.246. The Labute approximate surface area is 207 Å². The van der Waals surface area contributed by atoms with Gasteiger partial charge >= 0.3 is 0 Å². The molecule has 8 nitrogen and oxygen atoms in total. The number of nitrogens with zero attached hydrogens (tertiary/aromatic N) is 6. The average molecular weight is 497 g/mol. The van der Waals surface area contributed by atoms with Gasteiger partial charge in [0, 0.05) is 35.8 Å². The lowest BCUT2D eigenvalue weighted by Crippen LogP contribution is -2.38. The van der Waals surface area contributed by atoms with E-state index in [1.165, 1.54) is 5.56 Å². The van der Waals surface area contributed by atoms with E-state index in [0.717, 1.165) is 48.5 Å². The third-order valence-electron chi connectivity index (χ3n) is 5.51. The Balaban J connectivity index is 1.22. The van der Waals surface area contributed by atoms with Gasteiger partial charge in [-0.2, -0.15) is 4.98 Å². The third kappa shape index (κ3) is 5.60. The fraction of sp³-hybridized carbons (Fsp3) is 0.333. The molecule has 2 aromatic carbocycles. The SMILES string of the molecule is Clc1ccc(-c2noc(CCCSc3nnc(N4CCOCC4)n3Cc3ccccc3)n2)cc1. The molecule has 34 heavy (non-hydrogen) atoms. The van der Waals surface area contributed by atoms with Crippen molar-refractivity contribution in [3.8, 4) is 11.4 Å². The van der Waals surface area contributed by atoms with Crippen LogP contribution < -0.4 is 4.90 Å². The zero-order valence-electron chi connectivity index (χ0n) is 18.6. The summed E-state index contributed by atoms with van der Waals surface area (Å²) in [5, 5.41) is 14.7. The van der Waals surface area contributed by atoms with Crippen LogP contribution in [0.15, 0.2) is 64.3 Å². The van der Waals surface area contributed by atoms with E-state index in [4.69, 9.17) is 20.9 Å². The second kappa shape index (κ2) is 11.0. The van der Waals surface area contributed by atoms with E-state index >= 15 is 0 Å². The normalized spacial score (nSPS) is 14.0. The van der Waals surface area contributed by atoms with Crippen molar-refractivity contribution in [1.82, 2.24) is 24.9 Å². The Morgan fingerprint density at radius 3 is 2.56 bits per heavy atom. The number of ether oxygens (including phenoxy) is 1. The molecule has 176 valence electrons. The van der Waals surface area contributed by atoms with Crippen molar-refractivity contribution in [1.29, 1.82) is 0 Å². The minimum absolute atomic E-state index is 0.581. The molecule has 0 unspecified atom stereocenters. The minimum Gasteiger partial charge on any atom is -0.378 e. The van der Waals surface area contributed by atoms with E-state index in [1.54, 1.807) is 11.8 Å². The van der Waals surface area contributed by atoms with Gasteiger partial charge in [0.25, 0.3) is 0 Å². The zero-order valence-corrected chi connectivity index (χ0v) is 20.2. The van der Waals surface area contributed by atoms with Crippen molar-refractivity contribution in [3.05, 3.63) is 71.1 Å². The molecule has 2 aromatic heterocycles. The summed E-state index contributed by atoms with van der Waals surface area (Å²) in [6, 6.07) is 17.8. The number of morpholine rings is 1. The van der Waals surface area contributed by atoms with Crippen molar-refractivity contribution in [2.24, 2.45) is 0 Å². The predicted octanol–water partition coefficient (Wildman–Crippen LogP) is 4.59. The molecule has 0 amide bonds. The highest BCUT2D eigenvalue weighted by molar-refractivity contribution is 7.99. The Morgan fingerprint density at radius 1 is 0.971 bits per heavy atom. The highest BCUT2D eigenvalue weighted by atomic mass is 35.5. The van der Waals surface area contributed by atoms with Gasteiger partial charge in [0.1, 0.15) is 0 Å². The number of rotatable bonds is 9. The molecule has 10 heteroatoms. The van der Waals surface area contributed by atoms with Gasteiger partial charge in [-0.1, -0.05) is 58.9 Å². The lowest BCUT2D eigenvalue weighted by Gasteiger charge is -2.28. The first-order chi connectivity index (χ1) is 16.8. The van der Waals surface area contributed by atoms with E-state index < -0.39 is 0 Å². The second-order valence-corrected chi connectivity index (χ2v) is 9.42. The molecule has 0 bridgehead atoms. The van der Waals surface area contributed by atoms with Gasteiger partial charge in [-0.15, -0.1) is 10.2 Å². The Morgan fingerprint density at radius 2 is 1.76 bits per heavy atom. The van der Waals surface area contributed by atoms with Crippen LogP contribution in [0.3, 0.4) is 0 Å². The molecule has 5 rings (SSSR count). The topological polar surface area (TPSA) is 82.1 Å². The third-order valence-corrected chi connectivity index (χ3v) is 6.82. The van der Waals surface area contributed by atoms with Gasteiger partial charge < -0.3 is 14.2 Å². The van der Waals surface area contributed by atoms with E-state index in [2.05, 4.69) is 54.1 Å². The van der Waals surface area contributed by atoms with Crippen molar-refractivity contribution in [2.45, 2.75) is 24.5 Å². The lowest BCUT2D eigenvalue weighted by molar-refractivity contribution is 0.121. The molecule has 1 fully saturated rings. The number of hydrogen-bond donors (Lipinski definition) is 0. The fourth-order valence-electron chi connectivity index (χ4n) is 3.75. The van der Waals surface area contributed by atoms with Gasteiger partial charge in [0.2, 0.25) is 17.7 Å². The zero-order chi connectivity index (χ0) is 23.2. The molecule has 0 aliphatic carbocycles. The van der Waals surface area contributed by atoms with Gasteiger partial charge in [0.15, 0.2) is 5.16 Å². The summed E-state index contributed by atoms with van der Waals surface area (Å²) in [4.78, 5) is 6.76. The largest absolute Gasteiger partial charge is 0.378 e. The second-order valence-electron chi connectivity index (χ2n) is 7.92. The van der Waals surface area contributed by atoms with Crippen LogP contribution in [0.2, 0.25) is 5.02 Å². The van der Waals surface area contributed by atoms with Crippen LogP contribution in [0, 0.1) is 0 Å². The average Bonchev–Trinajstić information content (AvgIpc) is 3.51. The molecule has 4 aromatic rings. The molecule has 1 aliphatic heterocycles. The number of anilines is 1. The maximum Gasteiger partial charge on any atom is 0.228 e. The monoisotopic (exact) mass is 496 g/mol. The standard InChI is InChI=1S/C24H25ClN6O2S/c25-20-10-8-19(9-11-20)22-26-21(33-29-22)7-4-16-34-24-28-27-23(30-12-14-32-15-13-30)31(24)17-18-5-2-1-3-6-18/h1-3,5-6,8-11H,4,7,12-17H2.